The molecule has 0 radical (unpaired) electrons. The molecule has 0 aliphatic carbocycles. The largest absolute Gasteiger partial charge is 0.376 e. The second kappa shape index (κ2) is 8.12. The summed E-state index contributed by atoms with van der Waals surface area (Å²) in [5.41, 5.74) is 1.23. The number of rotatable bonds is 4. The molecule has 0 saturated carbocycles. The lowest BCUT2D eigenvalue weighted by molar-refractivity contribution is 0.0475. The van der Waals surface area contributed by atoms with Gasteiger partial charge in [-0.15, -0.1) is 0 Å². The van der Waals surface area contributed by atoms with Gasteiger partial charge in [-0.2, -0.15) is 0 Å². The molecule has 0 aromatic heterocycles. The van der Waals surface area contributed by atoms with Gasteiger partial charge in [0.05, 0.1) is 23.8 Å². The Morgan fingerprint density at radius 3 is 2.37 bits per heavy atom. The van der Waals surface area contributed by atoms with Crippen LogP contribution in [-0.2, 0) is 4.74 Å². The van der Waals surface area contributed by atoms with E-state index in [-0.39, 0.29) is 23.8 Å². The van der Waals surface area contributed by atoms with Crippen LogP contribution in [0.5, 0.6) is 0 Å². The summed E-state index contributed by atoms with van der Waals surface area (Å²) in [6, 6.07) is 5.52. The Labute approximate surface area is 176 Å². The van der Waals surface area contributed by atoms with Gasteiger partial charge in [0, 0.05) is 31.3 Å². The van der Waals surface area contributed by atoms with Gasteiger partial charge in [-0.05, 0) is 69.8 Å². The van der Waals surface area contributed by atoms with Gasteiger partial charge in [-0.25, -0.2) is 0 Å². The normalized spacial score (nSPS) is 25.4. The molecule has 1 aromatic carbocycles. The predicted molar refractivity (Wildman–Crippen MR) is 111 cm³/mol. The number of hydrogen-bond acceptors (Lipinski definition) is 5. The van der Waals surface area contributed by atoms with Crippen LogP contribution in [-0.4, -0.2) is 83.9 Å². The number of ether oxygens (including phenoxy) is 1. The molecule has 0 spiro atoms. The fourth-order valence-electron chi connectivity index (χ4n) is 5.30. The first-order valence-electron chi connectivity index (χ1n) is 11.3. The molecule has 30 heavy (non-hydrogen) atoms. The van der Waals surface area contributed by atoms with Gasteiger partial charge >= 0.3 is 0 Å². The highest BCUT2D eigenvalue weighted by Gasteiger charge is 2.38. The van der Waals surface area contributed by atoms with E-state index in [1.165, 1.54) is 30.8 Å². The average molecular weight is 412 g/mol. The van der Waals surface area contributed by atoms with Crippen LogP contribution in [0.1, 0.15) is 69.6 Å². The van der Waals surface area contributed by atoms with Crippen LogP contribution in [0.25, 0.3) is 0 Å². The lowest BCUT2D eigenvalue weighted by atomic mass is 10.0. The molecule has 1 aromatic rings. The fraction of sp³-hybridized carbons (Fsp3) is 0.609. The first kappa shape index (κ1) is 19.7. The Morgan fingerprint density at radius 2 is 1.67 bits per heavy atom. The summed E-state index contributed by atoms with van der Waals surface area (Å²) in [4.78, 5) is 44.3. The predicted octanol–water partition coefficient (Wildman–Crippen LogP) is 2.16. The van der Waals surface area contributed by atoms with E-state index in [4.69, 9.17) is 4.74 Å². The van der Waals surface area contributed by atoms with Gasteiger partial charge < -0.3 is 14.5 Å². The third-order valence-electron chi connectivity index (χ3n) is 7.04. The molecule has 4 aliphatic rings. The number of amides is 3. The standard InChI is InChI=1S/C23H29N3O4/c27-21(25-11-7-17(8-12-25)24-9-1-2-10-24)16-5-6-19-20(14-16)23(29)26(22(19)28)15-18-4-3-13-30-18/h5-6,14,17-18H,1-4,7-13,15H2. The van der Waals surface area contributed by atoms with Gasteiger partial charge in [0.15, 0.2) is 0 Å². The summed E-state index contributed by atoms with van der Waals surface area (Å²) in [5, 5.41) is 0. The molecule has 7 nitrogen and oxygen atoms in total. The molecule has 7 heteroatoms. The van der Waals surface area contributed by atoms with Crippen LogP contribution in [0.3, 0.4) is 0 Å². The topological polar surface area (TPSA) is 70.2 Å². The highest BCUT2D eigenvalue weighted by Crippen LogP contribution is 2.27. The van der Waals surface area contributed by atoms with Crippen molar-refractivity contribution in [1.82, 2.24) is 14.7 Å². The summed E-state index contributed by atoms with van der Waals surface area (Å²) in [7, 11) is 0. The van der Waals surface area contributed by atoms with Crippen LogP contribution in [0.15, 0.2) is 18.2 Å². The summed E-state index contributed by atoms with van der Waals surface area (Å²) < 4.78 is 5.59. The van der Waals surface area contributed by atoms with Crippen molar-refractivity contribution in [3.05, 3.63) is 34.9 Å². The number of hydrogen-bond donors (Lipinski definition) is 0. The second-order valence-electron chi connectivity index (χ2n) is 8.88. The zero-order valence-corrected chi connectivity index (χ0v) is 17.3. The monoisotopic (exact) mass is 411 g/mol. The van der Waals surface area contributed by atoms with E-state index in [0.29, 0.717) is 35.9 Å². The van der Waals surface area contributed by atoms with E-state index in [9.17, 15) is 14.4 Å². The Hall–Kier alpha value is -2.25. The molecule has 0 bridgehead atoms. The number of imide groups is 1. The Balaban J connectivity index is 1.26. The van der Waals surface area contributed by atoms with Crippen molar-refractivity contribution in [2.24, 2.45) is 0 Å². The van der Waals surface area contributed by atoms with Gasteiger partial charge in [0.25, 0.3) is 17.7 Å². The van der Waals surface area contributed by atoms with Crippen molar-refractivity contribution in [2.45, 2.75) is 50.7 Å². The smallest absolute Gasteiger partial charge is 0.261 e. The van der Waals surface area contributed by atoms with Crippen LogP contribution >= 0.6 is 0 Å². The van der Waals surface area contributed by atoms with Crippen molar-refractivity contribution in [2.75, 3.05) is 39.3 Å². The Bertz CT molecular complexity index is 850. The molecule has 1 atom stereocenters. The third-order valence-corrected chi connectivity index (χ3v) is 7.04. The Morgan fingerprint density at radius 1 is 0.933 bits per heavy atom. The number of likely N-dealkylation sites (tertiary alicyclic amines) is 2. The first-order valence-corrected chi connectivity index (χ1v) is 11.3. The summed E-state index contributed by atoms with van der Waals surface area (Å²) in [6.07, 6.45) is 6.32. The van der Waals surface area contributed by atoms with Crippen LogP contribution < -0.4 is 0 Å². The molecule has 1 unspecified atom stereocenters. The van der Waals surface area contributed by atoms with E-state index in [2.05, 4.69) is 4.90 Å². The number of piperidine rings is 1. The highest BCUT2D eigenvalue weighted by atomic mass is 16.5. The Kier molecular flexibility index (Phi) is 5.33. The number of benzene rings is 1. The van der Waals surface area contributed by atoms with E-state index in [0.717, 1.165) is 38.8 Å². The summed E-state index contributed by atoms with van der Waals surface area (Å²) >= 11 is 0. The zero-order valence-electron chi connectivity index (χ0n) is 17.3. The minimum atomic E-state index is -0.312. The number of nitrogens with zero attached hydrogens (tertiary/aromatic N) is 3. The van der Waals surface area contributed by atoms with Crippen LogP contribution in [0.4, 0.5) is 0 Å². The maximum atomic E-state index is 13.1. The molecule has 3 saturated heterocycles. The van der Waals surface area contributed by atoms with Crippen molar-refractivity contribution in [1.29, 1.82) is 0 Å². The summed E-state index contributed by atoms with van der Waals surface area (Å²) in [5.74, 6) is -0.640. The molecule has 5 rings (SSSR count). The highest BCUT2D eigenvalue weighted by molar-refractivity contribution is 6.22. The van der Waals surface area contributed by atoms with E-state index >= 15 is 0 Å². The SMILES string of the molecule is O=C(c1ccc2c(c1)C(=O)N(CC1CCCO1)C2=O)N1CCC(N2CCCC2)CC1. The van der Waals surface area contributed by atoms with Crippen LogP contribution in [0.2, 0.25) is 0 Å². The average Bonchev–Trinajstić information content (AvgIpc) is 3.53. The molecule has 3 amide bonds. The minimum absolute atomic E-state index is 0.0458. The molecule has 0 N–H and O–H groups in total. The lowest BCUT2D eigenvalue weighted by Crippen LogP contribution is -2.45. The van der Waals surface area contributed by atoms with Crippen molar-refractivity contribution in [3.8, 4) is 0 Å². The van der Waals surface area contributed by atoms with Gasteiger partial charge in [-0.3, -0.25) is 19.3 Å². The van der Waals surface area contributed by atoms with Crippen molar-refractivity contribution in [3.63, 3.8) is 0 Å². The second-order valence-corrected chi connectivity index (χ2v) is 8.88. The maximum absolute atomic E-state index is 13.1. The molecule has 160 valence electrons. The molecule has 4 heterocycles. The van der Waals surface area contributed by atoms with Gasteiger partial charge in [0.2, 0.25) is 0 Å². The fourth-order valence-corrected chi connectivity index (χ4v) is 5.30. The number of carbonyl (C=O) groups is 3. The van der Waals surface area contributed by atoms with E-state index in [1.54, 1.807) is 18.2 Å². The van der Waals surface area contributed by atoms with Crippen molar-refractivity contribution < 1.29 is 19.1 Å². The number of fused-ring (bicyclic) bond motifs is 1. The molecule has 4 aliphatic heterocycles. The summed E-state index contributed by atoms with van der Waals surface area (Å²) in [6.45, 7) is 4.83. The lowest BCUT2D eigenvalue weighted by Gasteiger charge is -2.36. The maximum Gasteiger partial charge on any atom is 0.261 e. The van der Waals surface area contributed by atoms with Gasteiger partial charge in [-0.1, -0.05) is 0 Å². The molecule has 3 fully saturated rings. The molecular formula is C23H29N3O4. The van der Waals surface area contributed by atoms with Crippen LogP contribution in [0, 0.1) is 0 Å². The van der Waals surface area contributed by atoms with Crippen molar-refractivity contribution >= 4 is 17.7 Å². The first-order chi connectivity index (χ1) is 14.6. The third kappa shape index (κ3) is 3.54. The minimum Gasteiger partial charge on any atom is -0.376 e. The number of carbonyl (C=O) groups excluding carboxylic acids is 3. The van der Waals surface area contributed by atoms with Gasteiger partial charge in [0.1, 0.15) is 0 Å². The van der Waals surface area contributed by atoms with E-state index < -0.39 is 0 Å². The zero-order chi connectivity index (χ0) is 20.7. The quantitative estimate of drug-likeness (QED) is 0.710. The molecular weight excluding hydrogens is 382 g/mol. The van der Waals surface area contributed by atoms with E-state index in [1.807, 2.05) is 4.90 Å².